The molecule has 4 heteroatoms. The van der Waals surface area contributed by atoms with E-state index in [4.69, 9.17) is 5.73 Å². The average Bonchev–Trinajstić information content (AvgIpc) is 2.22. The molecule has 0 aliphatic heterocycles. The number of amides is 1. The largest absolute Gasteiger partial charge is 0.343 e. The molecular formula is C11H25N3O. The van der Waals surface area contributed by atoms with Crippen molar-refractivity contribution >= 4 is 5.91 Å². The molecule has 0 aliphatic rings. The molecule has 0 spiro atoms. The second-order valence-corrected chi connectivity index (χ2v) is 4.21. The summed E-state index contributed by atoms with van der Waals surface area (Å²) in [6.45, 7) is 6.95. The quantitative estimate of drug-likeness (QED) is 0.668. The first kappa shape index (κ1) is 14.4. The molecule has 90 valence electrons. The van der Waals surface area contributed by atoms with Crippen LogP contribution in [0.3, 0.4) is 0 Å². The minimum absolute atomic E-state index is 0.0516. The molecule has 0 aliphatic carbocycles. The molecule has 1 amide bonds. The van der Waals surface area contributed by atoms with Gasteiger partial charge >= 0.3 is 0 Å². The van der Waals surface area contributed by atoms with Crippen molar-refractivity contribution in [2.24, 2.45) is 11.7 Å². The summed E-state index contributed by atoms with van der Waals surface area (Å²) in [6, 6.07) is 0. The lowest BCUT2D eigenvalue weighted by Gasteiger charge is -2.24. The Labute approximate surface area is 93.4 Å². The van der Waals surface area contributed by atoms with Gasteiger partial charge in [-0.25, -0.2) is 0 Å². The summed E-state index contributed by atoms with van der Waals surface area (Å²) >= 11 is 0. The number of rotatable bonds is 7. The van der Waals surface area contributed by atoms with E-state index < -0.39 is 0 Å². The maximum atomic E-state index is 11.8. The van der Waals surface area contributed by atoms with Crippen molar-refractivity contribution in [1.82, 2.24) is 9.80 Å². The Balaban J connectivity index is 3.96. The molecule has 15 heavy (non-hydrogen) atoms. The highest BCUT2D eigenvalue weighted by molar-refractivity contribution is 5.78. The van der Waals surface area contributed by atoms with Crippen molar-refractivity contribution in [2.45, 2.75) is 20.3 Å². The molecule has 1 atom stereocenters. The first-order valence-corrected chi connectivity index (χ1v) is 5.66. The van der Waals surface area contributed by atoms with Gasteiger partial charge in [0.2, 0.25) is 5.91 Å². The zero-order valence-electron chi connectivity index (χ0n) is 10.5. The van der Waals surface area contributed by atoms with Gasteiger partial charge in [-0.15, -0.1) is 0 Å². The minimum Gasteiger partial charge on any atom is -0.343 e. The van der Waals surface area contributed by atoms with Crippen LogP contribution in [-0.2, 0) is 4.79 Å². The highest BCUT2D eigenvalue weighted by Gasteiger charge is 2.17. The fourth-order valence-electron chi connectivity index (χ4n) is 1.41. The molecule has 1 unspecified atom stereocenters. The Morgan fingerprint density at radius 2 is 1.93 bits per heavy atom. The molecule has 0 heterocycles. The highest BCUT2D eigenvalue weighted by Crippen LogP contribution is 2.02. The Kier molecular flexibility index (Phi) is 7.34. The number of hydrogen-bond donors (Lipinski definition) is 1. The molecule has 0 rings (SSSR count). The molecule has 2 N–H and O–H groups in total. The minimum atomic E-state index is -0.0516. The fraction of sp³-hybridized carbons (Fsp3) is 0.909. The lowest BCUT2D eigenvalue weighted by atomic mass is 10.1. The third kappa shape index (κ3) is 5.74. The van der Waals surface area contributed by atoms with Gasteiger partial charge in [-0.2, -0.15) is 0 Å². The van der Waals surface area contributed by atoms with E-state index in [0.717, 1.165) is 26.1 Å². The highest BCUT2D eigenvalue weighted by atomic mass is 16.2. The van der Waals surface area contributed by atoms with Crippen LogP contribution in [0.1, 0.15) is 20.3 Å². The van der Waals surface area contributed by atoms with Crippen LogP contribution in [0.15, 0.2) is 0 Å². The molecule has 0 aromatic carbocycles. The van der Waals surface area contributed by atoms with Crippen molar-refractivity contribution in [3.05, 3.63) is 0 Å². The Hall–Kier alpha value is -0.610. The fourth-order valence-corrected chi connectivity index (χ4v) is 1.41. The van der Waals surface area contributed by atoms with E-state index in [0.29, 0.717) is 6.54 Å². The lowest BCUT2D eigenvalue weighted by molar-refractivity contribution is -0.134. The van der Waals surface area contributed by atoms with Crippen LogP contribution in [0.4, 0.5) is 0 Å². The van der Waals surface area contributed by atoms with E-state index in [1.54, 1.807) is 0 Å². The maximum absolute atomic E-state index is 11.8. The summed E-state index contributed by atoms with van der Waals surface area (Å²) in [4.78, 5) is 15.8. The normalized spacial score (nSPS) is 12.9. The van der Waals surface area contributed by atoms with E-state index >= 15 is 0 Å². The predicted molar refractivity (Wildman–Crippen MR) is 63.6 cm³/mol. The molecule has 0 aromatic rings. The second-order valence-electron chi connectivity index (χ2n) is 4.21. The summed E-state index contributed by atoms with van der Waals surface area (Å²) < 4.78 is 0. The smallest absolute Gasteiger partial charge is 0.226 e. The first-order valence-electron chi connectivity index (χ1n) is 5.66. The molecule has 4 nitrogen and oxygen atoms in total. The third-order valence-corrected chi connectivity index (χ3v) is 2.50. The van der Waals surface area contributed by atoms with Gasteiger partial charge in [-0.1, -0.05) is 6.92 Å². The molecule has 0 radical (unpaired) electrons. The van der Waals surface area contributed by atoms with E-state index in [1.807, 2.05) is 32.8 Å². The van der Waals surface area contributed by atoms with Gasteiger partial charge in [-0.05, 0) is 34.0 Å². The van der Waals surface area contributed by atoms with Crippen molar-refractivity contribution in [1.29, 1.82) is 0 Å². The van der Waals surface area contributed by atoms with Crippen LogP contribution in [0, 0.1) is 5.92 Å². The Morgan fingerprint density at radius 3 is 2.33 bits per heavy atom. The Morgan fingerprint density at radius 1 is 1.33 bits per heavy atom. The average molecular weight is 215 g/mol. The Bertz CT molecular complexity index is 183. The topological polar surface area (TPSA) is 49.6 Å². The zero-order chi connectivity index (χ0) is 11.8. The van der Waals surface area contributed by atoms with E-state index in [9.17, 15) is 4.79 Å². The third-order valence-electron chi connectivity index (χ3n) is 2.50. The number of carbonyl (C=O) groups excluding carboxylic acids is 1. The summed E-state index contributed by atoms with van der Waals surface area (Å²) in [7, 11) is 4.08. The van der Waals surface area contributed by atoms with Crippen LogP contribution < -0.4 is 5.73 Å². The zero-order valence-corrected chi connectivity index (χ0v) is 10.5. The molecule has 0 bridgehead atoms. The lowest BCUT2D eigenvalue weighted by Crippen LogP contribution is -2.39. The van der Waals surface area contributed by atoms with Crippen LogP contribution >= 0.6 is 0 Å². The monoisotopic (exact) mass is 215 g/mol. The second kappa shape index (κ2) is 7.65. The SMILES string of the molecule is CCN(CCCN(C)C)C(=O)C(C)CN. The van der Waals surface area contributed by atoms with Gasteiger partial charge in [-0.3, -0.25) is 4.79 Å². The standard InChI is InChI=1S/C11H25N3O/c1-5-14(8-6-7-13(3)4)11(15)10(2)9-12/h10H,5-9,12H2,1-4H3. The van der Waals surface area contributed by atoms with E-state index in [1.165, 1.54) is 0 Å². The van der Waals surface area contributed by atoms with Crippen LogP contribution in [0.5, 0.6) is 0 Å². The maximum Gasteiger partial charge on any atom is 0.226 e. The molecular weight excluding hydrogens is 190 g/mol. The summed E-state index contributed by atoms with van der Waals surface area (Å²) in [5.41, 5.74) is 5.49. The number of hydrogen-bond acceptors (Lipinski definition) is 3. The van der Waals surface area contributed by atoms with Crippen LogP contribution in [-0.4, -0.2) is 56.0 Å². The number of nitrogens with two attached hydrogens (primary N) is 1. The van der Waals surface area contributed by atoms with Gasteiger partial charge in [0.1, 0.15) is 0 Å². The molecule has 0 fully saturated rings. The molecule has 0 saturated heterocycles. The van der Waals surface area contributed by atoms with Crippen molar-refractivity contribution < 1.29 is 4.79 Å². The van der Waals surface area contributed by atoms with Crippen LogP contribution in [0.25, 0.3) is 0 Å². The van der Waals surface area contributed by atoms with Gasteiger partial charge in [0.15, 0.2) is 0 Å². The van der Waals surface area contributed by atoms with Gasteiger partial charge in [0.05, 0.1) is 0 Å². The van der Waals surface area contributed by atoms with Crippen molar-refractivity contribution in [2.75, 3.05) is 40.3 Å². The van der Waals surface area contributed by atoms with E-state index in [2.05, 4.69) is 4.90 Å². The molecule has 0 saturated carbocycles. The van der Waals surface area contributed by atoms with E-state index in [-0.39, 0.29) is 11.8 Å². The van der Waals surface area contributed by atoms with Gasteiger partial charge in [0, 0.05) is 25.6 Å². The van der Waals surface area contributed by atoms with Gasteiger partial charge in [0.25, 0.3) is 0 Å². The number of carbonyl (C=O) groups is 1. The van der Waals surface area contributed by atoms with Gasteiger partial charge < -0.3 is 15.5 Å². The predicted octanol–water partition coefficient (Wildman–Crippen LogP) is 0.381. The van der Waals surface area contributed by atoms with Crippen molar-refractivity contribution in [3.63, 3.8) is 0 Å². The van der Waals surface area contributed by atoms with Crippen molar-refractivity contribution in [3.8, 4) is 0 Å². The first-order chi connectivity index (χ1) is 7.02. The summed E-state index contributed by atoms with van der Waals surface area (Å²) in [5.74, 6) is 0.128. The summed E-state index contributed by atoms with van der Waals surface area (Å²) in [5, 5.41) is 0. The number of nitrogens with zero attached hydrogens (tertiary/aromatic N) is 2. The molecule has 0 aromatic heterocycles. The summed E-state index contributed by atoms with van der Waals surface area (Å²) in [6.07, 6.45) is 1.02. The van der Waals surface area contributed by atoms with Crippen LogP contribution in [0.2, 0.25) is 0 Å².